The maximum absolute atomic E-state index is 8.49. The highest BCUT2D eigenvalue weighted by Gasteiger charge is 2.21. The van der Waals surface area contributed by atoms with Gasteiger partial charge in [0.25, 0.3) is 5.52 Å². The number of benzene rings is 1. The van der Waals surface area contributed by atoms with Crippen molar-refractivity contribution < 1.29 is 37.9 Å². The third-order valence-corrected chi connectivity index (χ3v) is 5.27. The second kappa shape index (κ2) is 9.73. The average molecular weight is 423 g/mol. The van der Waals surface area contributed by atoms with Gasteiger partial charge in [-0.3, -0.25) is 0 Å². The zero-order valence-corrected chi connectivity index (χ0v) is 17.4. The van der Waals surface area contributed by atoms with Crippen LogP contribution in [0.4, 0.5) is 0 Å². The van der Waals surface area contributed by atoms with E-state index < -0.39 is 10.2 Å². The van der Waals surface area contributed by atoms with E-state index in [-0.39, 0.29) is 0 Å². The lowest BCUT2D eigenvalue weighted by molar-refractivity contribution is -2.00. The number of fused-ring (bicyclic) bond motifs is 1. The summed E-state index contributed by atoms with van der Waals surface area (Å²) in [7, 11) is -4.94. The molecule has 0 unspecified atom stereocenters. The van der Waals surface area contributed by atoms with Crippen molar-refractivity contribution in [2.45, 2.75) is 52.0 Å². The zero-order chi connectivity index (χ0) is 20.9. The molecule has 2 aliphatic rings. The van der Waals surface area contributed by atoms with Crippen LogP contribution >= 0.6 is 0 Å². The summed E-state index contributed by atoms with van der Waals surface area (Å²) < 4.78 is 42.4. The molecule has 1 aliphatic carbocycles. The Morgan fingerprint density at radius 1 is 1.03 bits per heavy atom. The Balaban J connectivity index is 0.000000431. The highest BCUT2D eigenvalue weighted by molar-refractivity contribution is 5.69. The maximum atomic E-state index is 8.49. The minimum Gasteiger partial charge on any atom is -0.398 e. The van der Waals surface area contributed by atoms with Gasteiger partial charge in [-0.15, -0.1) is 10.2 Å². The number of piperidine rings is 1. The van der Waals surface area contributed by atoms with Gasteiger partial charge in [-0.05, 0) is 63.2 Å². The van der Waals surface area contributed by atoms with Gasteiger partial charge in [0.1, 0.15) is 6.54 Å². The number of likely N-dealkylation sites (tertiary alicyclic amines) is 1. The van der Waals surface area contributed by atoms with Crippen molar-refractivity contribution in [1.82, 2.24) is 4.90 Å². The standard InChI is InChI=1S/C21H27N2O.ClHO4/c1-2-23-19-11-4-5-12-20(19)24-21(23)16-17-9-8-10-18(15-17)22-13-6-3-7-14-22;2-1(3,4)5/h4-5,11-12,15-16H,2-3,6-10,13-14H2,1H3;(H,2,3,4,5)/q+1;/p-1. The second-order valence-corrected chi connectivity index (χ2v) is 8.04. The fraction of sp³-hybridized carbons (Fsp3) is 0.476. The Labute approximate surface area is 172 Å². The third-order valence-electron chi connectivity index (χ3n) is 5.27. The molecule has 4 rings (SSSR count). The number of nitrogens with zero attached hydrogens (tertiary/aromatic N) is 2. The van der Waals surface area contributed by atoms with E-state index in [0.717, 1.165) is 24.4 Å². The van der Waals surface area contributed by atoms with E-state index in [0.29, 0.717) is 0 Å². The van der Waals surface area contributed by atoms with Crippen molar-refractivity contribution in [1.29, 1.82) is 0 Å². The van der Waals surface area contributed by atoms with Gasteiger partial charge in [0, 0.05) is 24.9 Å². The Morgan fingerprint density at radius 2 is 1.72 bits per heavy atom. The molecule has 1 fully saturated rings. The SMILES string of the molecule is CC[n+]1c(/C=C2/C=C(N3CCCCC3)CCC2)oc2ccccc21.[O-][Cl+3]([O-])([O-])[O-]. The molecule has 2 heterocycles. The van der Waals surface area contributed by atoms with Crippen LogP contribution in [0.1, 0.15) is 51.3 Å². The molecule has 0 N–H and O–H groups in total. The van der Waals surface area contributed by atoms with Crippen LogP contribution in [0.15, 0.2) is 46.0 Å². The van der Waals surface area contributed by atoms with E-state index in [4.69, 9.17) is 23.1 Å². The molecule has 0 spiro atoms. The van der Waals surface area contributed by atoms with Crippen molar-refractivity contribution in [2.24, 2.45) is 0 Å². The Morgan fingerprint density at radius 3 is 2.41 bits per heavy atom. The van der Waals surface area contributed by atoms with Crippen LogP contribution in [0.3, 0.4) is 0 Å². The van der Waals surface area contributed by atoms with Crippen molar-refractivity contribution >= 4 is 17.2 Å². The summed E-state index contributed by atoms with van der Waals surface area (Å²) in [5, 5.41) is 0. The molecule has 0 bridgehead atoms. The second-order valence-electron chi connectivity index (χ2n) is 7.29. The molecule has 8 heteroatoms. The van der Waals surface area contributed by atoms with Crippen molar-refractivity contribution in [2.75, 3.05) is 13.1 Å². The Kier molecular flexibility index (Phi) is 7.32. The average Bonchev–Trinajstić information content (AvgIpc) is 3.04. The quantitative estimate of drug-likeness (QED) is 0.639. The van der Waals surface area contributed by atoms with Crippen molar-refractivity contribution in [3.63, 3.8) is 0 Å². The molecule has 158 valence electrons. The summed E-state index contributed by atoms with van der Waals surface area (Å²) in [6.45, 7) is 5.58. The summed E-state index contributed by atoms with van der Waals surface area (Å²) in [6, 6.07) is 8.31. The van der Waals surface area contributed by atoms with Crippen LogP contribution in [0.5, 0.6) is 0 Å². The summed E-state index contributed by atoms with van der Waals surface area (Å²) in [5.74, 6) is 0.977. The predicted molar refractivity (Wildman–Crippen MR) is 97.4 cm³/mol. The van der Waals surface area contributed by atoms with Crippen LogP contribution in [0, 0.1) is 10.2 Å². The first kappa shape index (κ1) is 21.8. The first-order chi connectivity index (χ1) is 13.8. The summed E-state index contributed by atoms with van der Waals surface area (Å²) in [6.07, 6.45) is 12.4. The van der Waals surface area contributed by atoms with Crippen LogP contribution in [-0.4, -0.2) is 18.0 Å². The fourth-order valence-corrected chi connectivity index (χ4v) is 4.02. The van der Waals surface area contributed by atoms with Crippen LogP contribution in [0.25, 0.3) is 17.2 Å². The Hall–Kier alpha value is -1.90. The van der Waals surface area contributed by atoms with Crippen LogP contribution in [-0.2, 0) is 6.54 Å². The van der Waals surface area contributed by atoms with Gasteiger partial charge in [-0.1, -0.05) is 12.1 Å². The van der Waals surface area contributed by atoms with E-state index in [1.165, 1.54) is 62.0 Å². The number of para-hydroxylation sites is 2. The number of allylic oxidation sites excluding steroid dienone is 3. The maximum Gasteiger partial charge on any atom is 0.374 e. The molecule has 1 saturated heterocycles. The monoisotopic (exact) mass is 422 g/mol. The Bertz CT molecular complexity index is 873. The number of halogens is 1. The molecule has 0 radical (unpaired) electrons. The lowest BCUT2D eigenvalue weighted by Crippen LogP contribution is -2.68. The molecule has 0 saturated carbocycles. The van der Waals surface area contributed by atoms with Gasteiger partial charge in [0.2, 0.25) is 5.58 Å². The van der Waals surface area contributed by atoms with Gasteiger partial charge in [-0.25, -0.2) is 18.6 Å². The van der Waals surface area contributed by atoms with E-state index in [1.807, 2.05) is 6.07 Å². The predicted octanol–water partition coefficient (Wildman–Crippen LogP) is -0.0787. The number of aromatic nitrogens is 1. The molecule has 1 aromatic carbocycles. The minimum absolute atomic E-state index is 0.929. The smallest absolute Gasteiger partial charge is 0.374 e. The van der Waals surface area contributed by atoms with E-state index in [1.54, 1.807) is 0 Å². The van der Waals surface area contributed by atoms with Crippen molar-refractivity contribution in [3.8, 4) is 0 Å². The number of rotatable bonds is 3. The topological polar surface area (TPSA) is 112 Å². The summed E-state index contributed by atoms with van der Waals surface area (Å²) >= 11 is 0. The molecule has 1 aliphatic heterocycles. The molecule has 1 aromatic heterocycles. The first-order valence-electron chi connectivity index (χ1n) is 10.0. The highest BCUT2D eigenvalue weighted by atomic mass is 35.7. The zero-order valence-electron chi connectivity index (χ0n) is 16.6. The molecule has 0 atom stereocenters. The van der Waals surface area contributed by atoms with Crippen LogP contribution in [0.2, 0.25) is 0 Å². The van der Waals surface area contributed by atoms with Gasteiger partial charge >= 0.3 is 5.89 Å². The van der Waals surface area contributed by atoms with E-state index >= 15 is 0 Å². The number of hydrogen-bond donors (Lipinski definition) is 0. The summed E-state index contributed by atoms with van der Waals surface area (Å²) in [5.41, 5.74) is 5.10. The van der Waals surface area contributed by atoms with E-state index in [2.05, 4.69) is 46.7 Å². The molecule has 7 nitrogen and oxygen atoms in total. The van der Waals surface area contributed by atoms with Gasteiger partial charge in [0.15, 0.2) is 0 Å². The van der Waals surface area contributed by atoms with E-state index in [9.17, 15) is 0 Å². The van der Waals surface area contributed by atoms with Gasteiger partial charge in [0.05, 0.1) is 6.08 Å². The van der Waals surface area contributed by atoms with Gasteiger partial charge < -0.3 is 9.32 Å². The third kappa shape index (κ3) is 6.29. The fourth-order valence-electron chi connectivity index (χ4n) is 4.02. The highest BCUT2D eigenvalue weighted by Crippen LogP contribution is 2.28. The largest absolute Gasteiger partial charge is 0.398 e. The number of aryl methyl sites for hydroxylation is 1. The van der Waals surface area contributed by atoms with Crippen molar-refractivity contribution in [3.05, 3.63) is 47.5 Å². The molecular formula is C21H27ClN2O5. The molecule has 29 heavy (non-hydrogen) atoms. The summed E-state index contributed by atoms with van der Waals surface area (Å²) in [4.78, 5) is 2.60. The number of hydrogen-bond acceptors (Lipinski definition) is 6. The first-order valence-corrected chi connectivity index (χ1v) is 11.3. The molecular weight excluding hydrogens is 396 g/mol. The minimum atomic E-state index is -4.94. The number of oxazole rings is 1. The lowest BCUT2D eigenvalue weighted by Gasteiger charge is -2.33. The normalized spacial score (nSPS) is 19.1. The van der Waals surface area contributed by atoms with Gasteiger partial charge in [-0.2, -0.15) is 4.57 Å². The molecule has 0 amide bonds. The van der Waals surface area contributed by atoms with Crippen LogP contribution < -0.4 is 23.2 Å². The molecule has 2 aromatic rings. The lowest BCUT2D eigenvalue weighted by atomic mass is 9.97.